The van der Waals surface area contributed by atoms with Gasteiger partial charge in [0.25, 0.3) is 0 Å². The largest absolute Gasteiger partial charge is 0.478 e. The van der Waals surface area contributed by atoms with Gasteiger partial charge in [0.1, 0.15) is 0 Å². The van der Waals surface area contributed by atoms with E-state index in [-0.39, 0.29) is 0 Å². The van der Waals surface area contributed by atoms with Crippen molar-refractivity contribution in [1.82, 2.24) is 0 Å². The molecule has 0 aromatic heterocycles. The standard InChI is InChI=1S/C12H14O2/c1-3-9(2)11(12(13)14)10-7-5-4-6-8-10/h4-8H,3H2,1-2H3,(H,13,14)/b11-9-. The van der Waals surface area contributed by atoms with Crippen LogP contribution in [0.2, 0.25) is 0 Å². The lowest BCUT2D eigenvalue weighted by atomic mass is 9.99. The molecule has 1 aromatic carbocycles. The summed E-state index contributed by atoms with van der Waals surface area (Å²) in [7, 11) is 0. The zero-order chi connectivity index (χ0) is 10.6. The first kappa shape index (κ1) is 10.5. The Kier molecular flexibility index (Phi) is 3.46. The lowest BCUT2D eigenvalue weighted by Gasteiger charge is -2.06. The summed E-state index contributed by atoms with van der Waals surface area (Å²) in [4.78, 5) is 11.0. The molecule has 0 heterocycles. The molecular weight excluding hydrogens is 176 g/mol. The Hall–Kier alpha value is -1.57. The molecule has 1 N–H and O–H groups in total. The highest BCUT2D eigenvalue weighted by atomic mass is 16.4. The summed E-state index contributed by atoms with van der Waals surface area (Å²) >= 11 is 0. The Morgan fingerprint density at radius 2 is 1.86 bits per heavy atom. The highest BCUT2D eigenvalue weighted by Gasteiger charge is 2.12. The lowest BCUT2D eigenvalue weighted by Crippen LogP contribution is -2.02. The molecule has 0 atom stereocenters. The van der Waals surface area contributed by atoms with Crippen LogP contribution in [-0.4, -0.2) is 11.1 Å². The summed E-state index contributed by atoms with van der Waals surface area (Å²) in [6.45, 7) is 3.82. The Morgan fingerprint density at radius 1 is 1.29 bits per heavy atom. The molecule has 2 heteroatoms. The third-order valence-corrected chi connectivity index (χ3v) is 2.23. The SMILES string of the molecule is CC/C(C)=C(\C(=O)O)c1ccccc1. The Labute approximate surface area is 83.9 Å². The zero-order valence-corrected chi connectivity index (χ0v) is 8.45. The zero-order valence-electron chi connectivity index (χ0n) is 8.45. The van der Waals surface area contributed by atoms with E-state index in [1.165, 1.54) is 0 Å². The van der Waals surface area contributed by atoms with E-state index in [2.05, 4.69) is 0 Å². The van der Waals surface area contributed by atoms with Crippen LogP contribution in [0.5, 0.6) is 0 Å². The van der Waals surface area contributed by atoms with Crippen molar-refractivity contribution >= 4 is 11.5 Å². The van der Waals surface area contributed by atoms with Crippen molar-refractivity contribution in [2.24, 2.45) is 0 Å². The molecule has 0 saturated heterocycles. The van der Waals surface area contributed by atoms with Crippen molar-refractivity contribution in [2.45, 2.75) is 20.3 Å². The molecule has 74 valence electrons. The van der Waals surface area contributed by atoms with Gasteiger partial charge in [-0.05, 0) is 18.9 Å². The molecule has 0 bridgehead atoms. The molecular formula is C12H14O2. The molecule has 0 aliphatic rings. The molecule has 0 fully saturated rings. The molecule has 0 saturated carbocycles. The van der Waals surface area contributed by atoms with Gasteiger partial charge in [0.15, 0.2) is 0 Å². The molecule has 0 spiro atoms. The van der Waals surface area contributed by atoms with Gasteiger partial charge in [-0.3, -0.25) is 0 Å². The van der Waals surface area contributed by atoms with Crippen LogP contribution in [0, 0.1) is 0 Å². The van der Waals surface area contributed by atoms with E-state index < -0.39 is 5.97 Å². The summed E-state index contributed by atoms with van der Waals surface area (Å²) in [5.74, 6) is -0.851. The summed E-state index contributed by atoms with van der Waals surface area (Å²) in [5, 5.41) is 9.07. The number of carboxylic acids is 1. The van der Waals surface area contributed by atoms with E-state index >= 15 is 0 Å². The van der Waals surface area contributed by atoms with Crippen molar-refractivity contribution in [1.29, 1.82) is 0 Å². The van der Waals surface area contributed by atoms with Crippen molar-refractivity contribution in [3.63, 3.8) is 0 Å². The van der Waals surface area contributed by atoms with E-state index in [9.17, 15) is 4.79 Å². The number of hydrogen-bond donors (Lipinski definition) is 1. The summed E-state index contributed by atoms with van der Waals surface area (Å²) in [5.41, 5.74) is 2.11. The van der Waals surface area contributed by atoms with Crippen LogP contribution < -0.4 is 0 Å². The van der Waals surface area contributed by atoms with Gasteiger partial charge in [-0.15, -0.1) is 0 Å². The van der Waals surface area contributed by atoms with E-state index in [4.69, 9.17) is 5.11 Å². The molecule has 2 nitrogen and oxygen atoms in total. The maximum absolute atomic E-state index is 11.0. The second-order valence-electron chi connectivity index (χ2n) is 3.18. The van der Waals surface area contributed by atoms with Gasteiger partial charge in [-0.25, -0.2) is 4.79 Å². The molecule has 0 aliphatic heterocycles. The summed E-state index contributed by atoms with van der Waals surface area (Å²) in [6, 6.07) is 9.22. The predicted molar refractivity (Wildman–Crippen MR) is 57.0 cm³/mol. The average molecular weight is 190 g/mol. The minimum absolute atomic E-state index is 0.424. The van der Waals surface area contributed by atoms with Gasteiger partial charge in [0.05, 0.1) is 5.57 Å². The van der Waals surface area contributed by atoms with E-state index in [1.807, 2.05) is 44.2 Å². The van der Waals surface area contributed by atoms with Crippen LogP contribution in [-0.2, 0) is 4.79 Å². The summed E-state index contributed by atoms with van der Waals surface area (Å²) < 4.78 is 0. The fourth-order valence-corrected chi connectivity index (χ4v) is 1.33. The number of hydrogen-bond acceptors (Lipinski definition) is 1. The number of allylic oxidation sites excluding steroid dienone is 1. The molecule has 14 heavy (non-hydrogen) atoms. The van der Waals surface area contributed by atoms with Gasteiger partial charge in [0.2, 0.25) is 0 Å². The van der Waals surface area contributed by atoms with E-state index in [0.717, 1.165) is 17.6 Å². The van der Waals surface area contributed by atoms with Gasteiger partial charge in [-0.2, -0.15) is 0 Å². The maximum atomic E-state index is 11.0. The van der Waals surface area contributed by atoms with Crippen LogP contribution in [0.3, 0.4) is 0 Å². The number of benzene rings is 1. The smallest absolute Gasteiger partial charge is 0.336 e. The molecule has 0 aliphatic carbocycles. The van der Waals surface area contributed by atoms with Crippen molar-refractivity contribution < 1.29 is 9.90 Å². The average Bonchev–Trinajstić information content (AvgIpc) is 2.19. The third-order valence-electron chi connectivity index (χ3n) is 2.23. The van der Waals surface area contributed by atoms with Gasteiger partial charge in [0, 0.05) is 0 Å². The number of carbonyl (C=O) groups is 1. The van der Waals surface area contributed by atoms with E-state index in [0.29, 0.717) is 5.57 Å². The van der Waals surface area contributed by atoms with Crippen molar-refractivity contribution in [3.05, 3.63) is 41.5 Å². The second-order valence-corrected chi connectivity index (χ2v) is 3.18. The Balaban J connectivity index is 3.21. The molecule has 1 aromatic rings. The normalized spacial score (nSPS) is 12.1. The topological polar surface area (TPSA) is 37.3 Å². The van der Waals surface area contributed by atoms with Crippen molar-refractivity contribution in [3.8, 4) is 0 Å². The van der Waals surface area contributed by atoms with Crippen LogP contribution in [0.15, 0.2) is 35.9 Å². The lowest BCUT2D eigenvalue weighted by molar-refractivity contribution is -0.130. The second kappa shape index (κ2) is 4.61. The van der Waals surface area contributed by atoms with Gasteiger partial charge >= 0.3 is 5.97 Å². The Bertz CT molecular complexity index is 350. The maximum Gasteiger partial charge on any atom is 0.336 e. The number of aliphatic carboxylic acids is 1. The number of carboxylic acid groups (broad SMARTS) is 1. The fraction of sp³-hybridized carbons (Fsp3) is 0.250. The first-order valence-electron chi connectivity index (χ1n) is 4.65. The fourth-order valence-electron chi connectivity index (χ4n) is 1.33. The highest BCUT2D eigenvalue weighted by Crippen LogP contribution is 2.20. The molecule has 0 radical (unpaired) electrons. The monoisotopic (exact) mass is 190 g/mol. The Morgan fingerprint density at radius 3 is 2.29 bits per heavy atom. The van der Waals surface area contributed by atoms with Crippen LogP contribution in [0.4, 0.5) is 0 Å². The van der Waals surface area contributed by atoms with Gasteiger partial charge in [-0.1, -0.05) is 42.8 Å². The first-order chi connectivity index (χ1) is 6.66. The minimum Gasteiger partial charge on any atom is -0.478 e. The molecule has 0 amide bonds. The quantitative estimate of drug-likeness (QED) is 0.744. The predicted octanol–water partition coefficient (Wildman–Crippen LogP) is 2.95. The number of rotatable bonds is 3. The molecule has 0 unspecified atom stereocenters. The van der Waals surface area contributed by atoms with Crippen LogP contribution in [0.1, 0.15) is 25.8 Å². The van der Waals surface area contributed by atoms with E-state index in [1.54, 1.807) is 0 Å². The summed E-state index contributed by atoms with van der Waals surface area (Å²) in [6.07, 6.45) is 0.760. The van der Waals surface area contributed by atoms with Crippen molar-refractivity contribution in [2.75, 3.05) is 0 Å². The highest BCUT2D eigenvalue weighted by molar-refractivity contribution is 6.16. The minimum atomic E-state index is -0.851. The first-order valence-corrected chi connectivity index (χ1v) is 4.65. The van der Waals surface area contributed by atoms with Crippen LogP contribution in [0.25, 0.3) is 5.57 Å². The third kappa shape index (κ3) is 2.22. The molecule has 1 rings (SSSR count). The van der Waals surface area contributed by atoms with Gasteiger partial charge < -0.3 is 5.11 Å². The van der Waals surface area contributed by atoms with Crippen LogP contribution >= 0.6 is 0 Å².